The van der Waals surface area contributed by atoms with Gasteiger partial charge in [-0.3, -0.25) is 0 Å². The van der Waals surface area contributed by atoms with Crippen LogP contribution >= 0.6 is 12.2 Å². The van der Waals surface area contributed by atoms with E-state index in [1.54, 1.807) is 6.26 Å². The normalized spacial score (nSPS) is 12.2. The zero-order valence-electron chi connectivity index (χ0n) is 14.2. The second kappa shape index (κ2) is 8.13. The van der Waals surface area contributed by atoms with Crippen LogP contribution in [0.15, 0.2) is 47.1 Å². The molecule has 23 heavy (non-hydrogen) atoms. The van der Waals surface area contributed by atoms with Crippen LogP contribution in [0.2, 0.25) is 0 Å². The molecule has 124 valence electrons. The first-order chi connectivity index (χ1) is 11.0. The molecule has 2 aromatic rings. The van der Waals surface area contributed by atoms with Crippen molar-refractivity contribution in [2.24, 2.45) is 0 Å². The Bertz CT molecular complexity index is 625. The van der Waals surface area contributed by atoms with Crippen molar-refractivity contribution < 1.29 is 4.42 Å². The number of anilines is 1. The van der Waals surface area contributed by atoms with Gasteiger partial charge in [-0.05, 0) is 70.0 Å². The van der Waals surface area contributed by atoms with Crippen molar-refractivity contribution in [2.75, 3.05) is 32.5 Å². The van der Waals surface area contributed by atoms with Gasteiger partial charge in [0.1, 0.15) is 5.76 Å². The molecule has 1 aromatic carbocycles. The molecule has 0 aliphatic heterocycles. The molecule has 0 radical (unpaired) electrons. The van der Waals surface area contributed by atoms with Crippen LogP contribution in [0.5, 0.6) is 0 Å². The molecular weight excluding hydrogens is 306 g/mol. The van der Waals surface area contributed by atoms with E-state index in [4.69, 9.17) is 16.6 Å². The van der Waals surface area contributed by atoms with E-state index < -0.39 is 0 Å². The van der Waals surface area contributed by atoms with Gasteiger partial charge >= 0.3 is 0 Å². The van der Waals surface area contributed by atoms with Gasteiger partial charge in [0.2, 0.25) is 0 Å². The lowest BCUT2D eigenvalue weighted by atomic mass is 10.2. The minimum absolute atomic E-state index is 0.0785. The summed E-state index contributed by atoms with van der Waals surface area (Å²) in [4.78, 5) is 4.31. The largest absolute Gasteiger partial charge is 0.467 e. The van der Waals surface area contributed by atoms with Crippen molar-refractivity contribution in [1.29, 1.82) is 0 Å². The third kappa shape index (κ3) is 5.08. The van der Waals surface area contributed by atoms with Crippen molar-refractivity contribution >= 4 is 23.0 Å². The highest BCUT2D eigenvalue weighted by Gasteiger charge is 2.21. The molecule has 1 aromatic heterocycles. The average molecular weight is 331 g/mol. The number of rotatable bonds is 6. The first-order valence-electron chi connectivity index (χ1n) is 7.80. The fourth-order valence-corrected chi connectivity index (χ4v) is 2.75. The number of likely N-dealkylation sites (N-methyl/N-ethyl adjacent to an activating group) is 1. The van der Waals surface area contributed by atoms with Gasteiger partial charge in [-0.2, -0.15) is 0 Å². The van der Waals surface area contributed by atoms with E-state index in [1.165, 1.54) is 5.56 Å². The molecular formula is C18H25N3OS. The summed E-state index contributed by atoms with van der Waals surface area (Å²) in [5, 5.41) is 4.06. The van der Waals surface area contributed by atoms with E-state index in [1.807, 2.05) is 24.3 Å². The highest BCUT2D eigenvalue weighted by Crippen LogP contribution is 2.22. The molecule has 0 unspecified atom stereocenters. The molecule has 0 saturated carbocycles. The molecule has 1 heterocycles. The zero-order valence-corrected chi connectivity index (χ0v) is 15.1. The lowest BCUT2D eigenvalue weighted by molar-refractivity contribution is 0.263. The van der Waals surface area contributed by atoms with E-state index in [2.05, 4.69) is 55.2 Å². The third-order valence-corrected chi connectivity index (χ3v) is 4.08. The number of thiocarbonyl (C=S) groups is 1. The molecule has 1 atom stereocenters. The Hall–Kier alpha value is -1.85. The molecule has 0 spiro atoms. The Kier molecular flexibility index (Phi) is 6.19. The third-order valence-electron chi connectivity index (χ3n) is 3.74. The summed E-state index contributed by atoms with van der Waals surface area (Å²) in [5.74, 6) is 0.914. The first-order valence-corrected chi connectivity index (χ1v) is 8.20. The van der Waals surface area contributed by atoms with Crippen LogP contribution < -0.4 is 5.32 Å². The fraction of sp³-hybridized carbons (Fsp3) is 0.389. The Balaban J connectivity index is 2.13. The Labute approximate surface area is 144 Å². The summed E-state index contributed by atoms with van der Waals surface area (Å²) < 4.78 is 5.56. The van der Waals surface area contributed by atoms with Gasteiger partial charge in [0.05, 0.1) is 12.3 Å². The monoisotopic (exact) mass is 331 g/mol. The van der Waals surface area contributed by atoms with E-state index in [0.29, 0.717) is 5.11 Å². The summed E-state index contributed by atoms with van der Waals surface area (Å²) >= 11 is 5.66. The first kappa shape index (κ1) is 17.5. The van der Waals surface area contributed by atoms with Gasteiger partial charge in [0, 0.05) is 18.8 Å². The number of nitrogens with one attached hydrogen (secondary N) is 1. The van der Waals surface area contributed by atoms with Crippen molar-refractivity contribution in [3.63, 3.8) is 0 Å². The van der Waals surface area contributed by atoms with Crippen molar-refractivity contribution in [2.45, 2.75) is 19.9 Å². The molecule has 5 heteroatoms. The van der Waals surface area contributed by atoms with Crippen LogP contribution in [0, 0.1) is 6.92 Å². The molecule has 0 aliphatic carbocycles. The Morgan fingerprint density at radius 2 is 2.00 bits per heavy atom. The summed E-state index contributed by atoms with van der Waals surface area (Å²) in [6, 6.07) is 12.2. The second-order valence-electron chi connectivity index (χ2n) is 5.99. The molecule has 1 N–H and O–H groups in total. The fourth-order valence-electron chi connectivity index (χ4n) is 2.38. The van der Waals surface area contributed by atoms with Crippen LogP contribution in [0.4, 0.5) is 5.69 Å². The van der Waals surface area contributed by atoms with E-state index >= 15 is 0 Å². The van der Waals surface area contributed by atoms with Crippen LogP contribution in [0.3, 0.4) is 0 Å². The standard InChI is InChI=1S/C18H25N3OS/c1-14-7-5-8-16(13-14)19-18(23)21(11-10-20(3)4)15(2)17-9-6-12-22-17/h5-9,12-13,15H,10-11H2,1-4H3,(H,19,23)/t15-/m0/s1. The van der Waals surface area contributed by atoms with Gasteiger partial charge < -0.3 is 19.5 Å². The summed E-state index contributed by atoms with van der Waals surface area (Å²) in [6.45, 7) is 5.93. The van der Waals surface area contributed by atoms with E-state index in [9.17, 15) is 0 Å². The van der Waals surface area contributed by atoms with Gasteiger partial charge in [-0.25, -0.2) is 0 Å². The molecule has 2 rings (SSSR count). The Morgan fingerprint density at radius 3 is 2.61 bits per heavy atom. The van der Waals surface area contributed by atoms with Crippen LogP contribution in [0.1, 0.15) is 24.3 Å². The smallest absolute Gasteiger partial charge is 0.174 e. The van der Waals surface area contributed by atoms with Crippen molar-refractivity contribution in [3.8, 4) is 0 Å². The summed E-state index contributed by atoms with van der Waals surface area (Å²) in [5.41, 5.74) is 2.22. The maximum Gasteiger partial charge on any atom is 0.174 e. The molecule has 0 saturated heterocycles. The predicted octanol–water partition coefficient (Wildman–Crippen LogP) is 3.91. The molecule has 0 fully saturated rings. The summed E-state index contributed by atoms with van der Waals surface area (Å²) in [7, 11) is 4.12. The number of hydrogen-bond acceptors (Lipinski definition) is 3. The maximum atomic E-state index is 5.66. The topological polar surface area (TPSA) is 31.6 Å². The number of hydrogen-bond donors (Lipinski definition) is 1. The van der Waals surface area contributed by atoms with Gasteiger partial charge in [-0.1, -0.05) is 12.1 Å². The Morgan fingerprint density at radius 1 is 1.22 bits per heavy atom. The van der Waals surface area contributed by atoms with Crippen LogP contribution in [-0.4, -0.2) is 42.1 Å². The van der Waals surface area contributed by atoms with Crippen LogP contribution in [0.25, 0.3) is 0 Å². The highest BCUT2D eigenvalue weighted by molar-refractivity contribution is 7.80. The van der Waals surface area contributed by atoms with Crippen LogP contribution in [-0.2, 0) is 0 Å². The predicted molar refractivity (Wildman–Crippen MR) is 99.8 cm³/mol. The minimum atomic E-state index is 0.0785. The van der Waals surface area contributed by atoms with Gasteiger partial charge in [-0.15, -0.1) is 0 Å². The number of nitrogens with zero attached hydrogens (tertiary/aromatic N) is 2. The lowest BCUT2D eigenvalue weighted by Gasteiger charge is -2.31. The summed E-state index contributed by atoms with van der Waals surface area (Å²) in [6.07, 6.45) is 1.70. The molecule has 0 bridgehead atoms. The maximum absolute atomic E-state index is 5.66. The van der Waals surface area contributed by atoms with Crippen molar-refractivity contribution in [1.82, 2.24) is 9.80 Å². The van der Waals surface area contributed by atoms with E-state index in [0.717, 1.165) is 24.5 Å². The SMILES string of the molecule is Cc1cccc(NC(=S)N(CCN(C)C)[C@@H](C)c2ccco2)c1. The van der Waals surface area contributed by atoms with Gasteiger partial charge in [0.25, 0.3) is 0 Å². The zero-order chi connectivity index (χ0) is 16.8. The number of furan rings is 1. The van der Waals surface area contributed by atoms with Gasteiger partial charge in [0.15, 0.2) is 5.11 Å². The lowest BCUT2D eigenvalue weighted by Crippen LogP contribution is -2.40. The molecule has 0 amide bonds. The second-order valence-corrected chi connectivity index (χ2v) is 6.37. The highest BCUT2D eigenvalue weighted by atomic mass is 32.1. The quantitative estimate of drug-likeness (QED) is 0.811. The minimum Gasteiger partial charge on any atom is -0.467 e. The average Bonchev–Trinajstić information content (AvgIpc) is 3.01. The van der Waals surface area contributed by atoms with Crippen molar-refractivity contribution in [3.05, 3.63) is 54.0 Å². The molecule has 4 nitrogen and oxygen atoms in total. The number of benzene rings is 1. The van der Waals surface area contributed by atoms with E-state index in [-0.39, 0.29) is 6.04 Å². The molecule has 0 aliphatic rings. The number of aryl methyl sites for hydroxylation is 1.